The monoisotopic (exact) mass is 290 g/mol. The molecule has 0 aliphatic rings. The number of aryl methyl sites for hydroxylation is 1. The number of rotatable bonds is 6. The van der Waals surface area contributed by atoms with Gasteiger partial charge in [-0.15, -0.1) is 11.3 Å². The normalized spacial score (nSPS) is 11.1. The van der Waals surface area contributed by atoms with E-state index in [1.165, 1.54) is 0 Å². The fourth-order valence-electron chi connectivity index (χ4n) is 2.04. The minimum atomic E-state index is 0.592. The average molecular weight is 290 g/mol. The molecule has 20 heavy (non-hydrogen) atoms. The van der Waals surface area contributed by atoms with E-state index >= 15 is 0 Å². The first-order valence-corrected chi connectivity index (χ1v) is 7.96. The van der Waals surface area contributed by atoms with E-state index in [0.717, 1.165) is 41.0 Å². The molecule has 0 saturated heterocycles. The van der Waals surface area contributed by atoms with Gasteiger partial charge in [0.25, 0.3) is 0 Å². The van der Waals surface area contributed by atoms with Crippen LogP contribution in [0.2, 0.25) is 0 Å². The van der Waals surface area contributed by atoms with Crippen molar-refractivity contribution in [1.82, 2.24) is 15.0 Å². The molecule has 0 aromatic carbocycles. The van der Waals surface area contributed by atoms with Gasteiger partial charge >= 0.3 is 0 Å². The maximum absolute atomic E-state index is 4.68. The summed E-state index contributed by atoms with van der Waals surface area (Å²) in [6.07, 6.45) is 1.69. The van der Waals surface area contributed by atoms with E-state index in [1.807, 2.05) is 6.92 Å². The Morgan fingerprint density at radius 1 is 1.25 bits per heavy atom. The average Bonchev–Trinajstić information content (AvgIpc) is 2.74. The van der Waals surface area contributed by atoms with Gasteiger partial charge in [-0.05, 0) is 26.2 Å². The van der Waals surface area contributed by atoms with Gasteiger partial charge in [0.2, 0.25) is 0 Å². The predicted molar refractivity (Wildman–Crippen MR) is 84.4 cm³/mol. The Morgan fingerprint density at radius 2 is 2.05 bits per heavy atom. The standard InChI is InChI=1S/C15H22N4S/c1-5-16-13-7-12(6-10(2)3)18-14(19-13)8-15-17-11(4)9-20-15/h7,9-10H,5-6,8H2,1-4H3,(H,16,18,19). The number of nitrogens with zero attached hydrogens (tertiary/aromatic N) is 3. The van der Waals surface area contributed by atoms with Gasteiger partial charge in [-0.2, -0.15) is 0 Å². The maximum atomic E-state index is 4.68. The van der Waals surface area contributed by atoms with Crippen LogP contribution in [0.25, 0.3) is 0 Å². The molecule has 0 atom stereocenters. The number of thiazole rings is 1. The summed E-state index contributed by atoms with van der Waals surface area (Å²) in [4.78, 5) is 13.7. The molecule has 2 rings (SSSR count). The van der Waals surface area contributed by atoms with Crippen LogP contribution in [-0.4, -0.2) is 21.5 Å². The van der Waals surface area contributed by atoms with Crippen molar-refractivity contribution in [1.29, 1.82) is 0 Å². The molecule has 0 spiro atoms. The third kappa shape index (κ3) is 4.27. The zero-order valence-corrected chi connectivity index (χ0v) is 13.4. The Bertz CT molecular complexity index is 563. The SMILES string of the molecule is CCNc1cc(CC(C)C)nc(Cc2nc(C)cs2)n1. The molecule has 5 heteroatoms. The molecular formula is C15H22N4S. The van der Waals surface area contributed by atoms with Gasteiger partial charge in [-0.25, -0.2) is 15.0 Å². The maximum Gasteiger partial charge on any atom is 0.137 e. The minimum absolute atomic E-state index is 0.592. The van der Waals surface area contributed by atoms with Gasteiger partial charge in [0, 0.05) is 29.4 Å². The van der Waals surface area contributed by atoms with Crippen LogP contribution < -0.4 is 5.32 Å². The molecule has 0 fully saturated rings. The van der Waals surface area contributed by atoms with Crippen molar-refractivity contribution >= 4 is 17.2 Å². The summed E-state index contributed by atoms with van der Waals surface area (Å²) in [5.74, 6) is 2.37. The van der Waals surface area contributed by atoms with Gasteiger partial charge in [0.05, 0.1) is 6.42 Å². The van der Waals surface area contributed by atoms with Gasteiger partial charge in [-0.3, -0.25) is 0 Å². The van der Waals surface area contributed by atoms with Crippen molar-refractivity contribution in [2.45, 2.75) is 40.5 Å². The fourth-order valence-corrected chi connectivity index (χ4v) is 2.81. The number of aromatic nitrogens is 3. The second kappa shape index (κ2) is 6.79. The molecular weight excluding hydrogens is 268 g/mol. The summed E-state index contributed by atoms with van der Waals surface area (Å²) in [5.41, 5.74) is 2.17. The van der Waals surface area contributed by atoms with Crippen LogP contribution in [0.4, 0.5) is 5.82 Å². The summed E-state index contributed by atoms with van der Waals surface area (Å²) >= 11 is 1.67. The molecule has 2 aromatic heterocycles. The molecule has 0 radical (unpaired) electrons. The van der Waals surface area contributed by atoms with Crippen LogP contribution in [-0.2, 0) is 12.8 Å². The predicted octanol–water partition coefficient (Wildman–Crippen LogP) is 3.46. The van der Waals surface area contributed by atoms with Crippen LogP contribution in [0, 0.1) is 12.8 Å². The van der Waals surface area contributed by atoms with E-state index in [-0.39, 0.29) is 0 Å². The van der Waals surface area contributed by atoms with Gasteiger partial charge < -0.3 is 5.32 Å². The molecule has 0 unspecified atom stereocenters. The number of hydrogen-bond acceptors (Lipinski definition) is 5. The topological polar surface area (TPSA) is 50.7 Å². The van der Waals surface area contributed by atoms with Crippen LogP contribution in [0.15, 0.2) is 11.4 Å². The number of anilines is 1. The molecule has 108 valence electrons. The van der Waals surface area contributed by atoms with Crippen LogP contribution in [0.5, 0.6) is 0 Å². The van der Waals surface area contributed by atoms with Crippen molar-refractivity contribution in [3.63, 3.8) is 0 Å². The zero-order valence-electron chi connectivity index (χ0n) is 12.6. The Hall–Kier alpha value is -1.49. The highest BCUT2D eigenvalue weighted by Gasteiger charge is 2.09. The molecule has 4 nitrogen and oxygen atoms in total. The quantitative estimate of drug-likeness (QED) is 0.885. The third-order valence-corrected chi connectivity index (χ3v) is 3.74. The first kappa shape index (κ1) is 14.9. The molecule has 1 N–H and O–H groups in total. The minimum Gasteiger partial charge on any atom is -0.370 e. The summed E-state index contributed by atoms with van der Waals surface area (Å²) in [5, 5.41) is 6.43. The highest BCUT2D eigenvalue weighted by Crippen LogP contribution is 2.16. The second-order valence-corrected chi connectivity index (χ2v) is 6.29. The number of nitrogens with one attached hydrogen (secondary N) is 1. The van der Waals surface area contributed by atoms with Crippen molar-refractivity contribution < 1.29 is 0 Å². The third-order valence-electron chi connectivity index (χ3n) is 2.78. The lowest BCUT2D eigenvalue weighted by Crippen LogP contribution is -2.08. The largest absolute Gasteiger partial charge is 0.370 e. The lowest BCUT2D eigenvalue weighted by Gasteiger charge is -2.09. The summed E-state index contributed by atoms with van der Waals surface area (Å²) in [7, 11) is 0. The summed E-state index contributed by atoms with van der Waals surface area (Å²) in [6.45, 7) is 9.37. The Labute approximate surface area is 124 Å². The van der Waals surface area contributed by atoms with E-state index in [2.05, 4.69) is 52.5 Å². The molecule has 0 amide bonds. The lowest BCUT2D eigenvalue weighted by molar-refractivity contribution is 0.631. The summed E-state index contributed by atoms with van der Waals surface area (Å²) < 4.78 is 0. The zero-order chi connectivity index (χ0) is 14.5. The van der Waals surface area contributed by atoms with E-state index in [4.69, 9.17) is 0 Å². The molecule has 0 aliphatic heterocycles. The van der Waals surface area contributed by atoms with Crippen molar-refractivity contribution in [2.24, 2.45) is 5.92 Å². The Balaban J connectivity index is 2.23. The highest BCUT2D eigenvalue weighted by atomic mass is 32.1. The van der Waals surface area contributed by atoms with Gasteiger partial charge in [0.15, 0.2) is 0 Å². The van der Waals surface area contributed by atoms with Crippen molar-refractivity contribution in [3.8, 4) is 0 Å². The van der Waals surface area contributed by atoms with Crippen LogP contribution in [0.3, 0.4) is 0 Å². The molecule has 2 heterocycles. The smallest absolute Gasteiger partial charge is 0.137 e. The fraction of sp³-hybridized carbons (Fsp3) is 0.533. The summed E-state index contributed by atoms with van der Waals surface area (Å²) in [6, 6.07) is 2.06. The van der Waals surface area contributed by atoms with Gasteiger partial charge in [0.1, 0.15) is 16.6 Å². The van der Waals surface area contributed by atoms with Crippen LogP contribution >= 0.6 is 11.3 Å². The van der Waals surface area contributed by atoms with E-state index in [1.54, 1.807) is 11.3 Å². The van der Waals surface area contributed by atoms with Gasteiger partial charge in [-0.1, -0.05) is 13.8 Å². The molecule has 0 saturated carbocycles. The molecule has 0 bridgehead atoms. The van der Waals surface area contributed by atoms with Crippen molar-refractivity contribution in [2.75, 3.05) is 11.9 Å². The molecule has 2 aromatic rings. The van der Waals surface area contributed by atoms with E-state index < -0.39 is 0 Å². The Morgan fingerprint density at radius 3 is 2.65 bits per heavy atom. The lowest BCUT2D eigenvalue weighted by atomic mass is 10.1. The highest BCUT2D eigenvalue weighted by molar-refractivity contribution is 7.09. The molecule has 0 aliphatic carbocycles. The van der Waals surface area contributed by atoms with E-state index in [9.17, 15) is 0 Å². The van der Waals surface area contributed by atoms with Crippen molar-refractivity contribution in [3.05, 3.63) is 33.7 Å². The first-order valence-electron chi connectivity index (χ1n) is 7.08. The number of hydrogen-bond donors (Lipinski definition) is 1. The van der Waals surface area contributed by atoms with Crippen LogP contribution in [0.1, 0.15) is 43.0 Å². The Kier molecular flexibility index (Phi) is 5.06. The first-order chi connectivity index (χ1) is 9.56. The van der Waals surface area contributed by atoms with E-state index in [0.29, 0.717) is 12.3 Å². The second-order valence-electron chi connectivity index (χ2n) is 5.35.